The maximum Gasteiger partial charge on any atom is 0.336 e. The molecule has 42 heavy (non-hydrogen) atoms. The molecule has 13 nitrogen and oxygen atoms in total. The lowest BCUT2D eigenvalue weighted by Gasteiger charge is -2.25. The summed E-state index contributed by atoms with van der Waals surface area (Å²) in [6, 6.07) is 12.2. The van der Waals surface area contributed by atoms with Gasteiger partial charge < -0.3 is 47.0 Å². The molecule has 4 aromatic rings. The summed E-state index contributed by atoms with van der Waals surface area (Å²) in [5, 5.41) is 49.6. The smallest absolute Gasteiger partial charge is 0.336 e. The third-order valence-electron chi connectivity index (χ3n) is 7.07. The van der Waals surface area contributed by atoms with Crippen molar-refractivity contribution in [2.24, 2.45) is 11.5 Å². The van der Waals surface area contributed by atoms with Gasteiger partial charge in [-0.25, -0.2) is 9.59 Å². The quantitative estimate of drug-likeness (QED) is 0.114. The summed E-state index contributed by atoms with van der Waals surface area (Å²) in [7, 11) is 0. The van der Waals surface area contributed by atoms with Crippen molar-refractivity contribution in [2.45, 2.75) is 55.9 Å². The Balaban J connectivity index is 0.000000230. The number of hydrogen-bond donors (Lipinski definition) is 9. The second-order valence-corrected chi connectivity index (χ2v) is 10.3. The van der Waals surface area contributed by atoms with Crippen LogP contribution in [0.25, 0.3) is 21.8 Å². The first-order valence-corrected chi connectivity index (χ1v) is 12.9. The molecular formula is C29H34N4O9. The highest BCUT2D eigenvalue weighted by molar-refractivity contribution is 5.87. The topological polar surface area (TPSA) is 253 Å². The van der Waals surface area contributed by atoms with Gasteiger partial charge in [-0.2, -0.15) is 0 Å². The van der Waals surface area contributed by atoms with E-state index in [1.807, 2.05) is 36.4 Å². The van der Waals surface area contributed by atoms with E-state index in [9.17, 15) is 39.6 Å². The Hall–Kier alpha value is -4.56. The van der Waals surface area contributed by atoms with E-state index in [0.29, 0.717) is 11.1 Å². The number of ketones is 1. The second-order valence-electron chi connectivity index (χ2n) is 10.3. The molecule has 0 aliphatic carbocycles. The first-order valence-electron chi connectivity index (χ1n) is 12.9. The van der Waals surface area contributed by atoms with Crippen molar-refractivity contribution in [3.05, 3.63) is 72.1 Å². The Morgan fingerprint density at radius 1 is 0.714 bits per heavy atom. The summed E-state index contributed by atoms with van der Waals surface area (Å²) >= 11 is 0. The van der Waals surface area contributed by atoms with E-state index >= 15 is 0 Å². The number of aromatic amines is 2. The van der Waals surface area contributed by atoms with Crippen molar-refractivity contribution in [1.82, 2.24) is 9.97 Å². The van der Waals surface area contributed by atoms with Crippen LogP contribution in [0.2, 0.25) is 0 Å². The van der Waals surface area contributed by atoms with Crippen molar-refractivity contribution in [3.63, 3.8) is 0 Å². The number of H-pyrrole nitrogens is 2. The molecule has 0 fully saturated rings. The minimum Gasteiger partial charge on any atom is -0.480 e. The van der Waals surface area contributed by atoms with E-state index in [-0.39, 0.29) is 25.0 Å². The van der Waals surface area contributed by atoms with Gasteiger partial charge in [0.25, 0.3) is 0 Å². The zero-order valence-electron chi connectivity index (χ0n) is 22.8. The number of fused-ring (bicyclic) bond motifs is 2. The summed E-state index contributed by atoms with van der Waals surface area (Å²) in [6.07, 6.45) is 2.03. The summed E-state index contributed by atoms with van der Waals surface area (Å²) in [5.74, 6) is -4.59. The molecule has 0 amide bonds. The van der Waals surface area contributed by atoms with Gasteiger partial charge in [0.2, 0.25) is 0 Å². The van der Waals surface area contributed by atoms with E-state index in [1.165, 1.54) is 6.92 Å². The van der Waals surface area contributed by atoms with Gasteiger partial charge in [0.15, 0.2) is 11.2 Å². The van der Waals surface area contributed by atoms with Crippen LogP contribution < -0.4 is 11.5 Å². The van der Waals surface area contributed by atoms with Crippen LogP contribution in [0.4, 0.5) is 0 Å². The van der Waals surface area contributed by atoms with Gasteiger partial charge in [-0.05, 0) is 30.2 Å². The molecule has 2 aromatic carbocycles. The number of hydrogen-bond acceptors (Lipinski definition) is 8. The van der Waals surface area contributed by atoms with E-state index in [0.717, 1.165) is 21.8 Å². The van der Waals surface area contributed by atoms with Crippen LogP contribution in [0.1, 0.15) is 30.9 Å². The maximum atomic E-state index is 11.4. The minimum absolute atomic E-state index is 0.118. The number of carboxylic acids is 3. The lowest BCUT2D eigenvalue weighted by Crippen LogP contribution is -2.48. The number of nitrogens with two attached hydrogens (primary N) is 2. The molecule has 0 unspecified atom stereocenters. The van der Waals surface area contributed by atoms with Crippen LogP contribution in [0.15, 0.2) is 60.9 Å². The molecule has 0 saturated heterocycles. The molecule has 0 spiro atoms. The van der Waals surface area contributed by atoms with E-state index in [4.69, 9.17) is 16.6 Å². The molecule has 2 heterocycles. The number of nitrogens with one attached hydrogen (secondary N) is 2. The first-order chi connectivity index (χ1) is 19.7. The molecule has 0 aliphatic heterocycles. The van der Waals surface area contributed by atoms with Crippen LogP contribution in [-0.2, 0) is 32.0 Å². The predicted molar refractivity (Wildman–Crippen MR) is 153 cm³/mol. The van der Waals surface area contributed by atoms with Crippen molar-refractivity contribution >= 4 is 45.5 Å². The summed E-state index contributed by atoms with van der Waals surface area (Å²) in [5.41, 5.74) is 9.57. The Labute approximate surface area is 239 Å². The number of rotatable bonds is 12. The highest BCUT2D eigenvalue weighted by Crippen LogP contribution is 2.27. The fourth-order valence-corrected chi connectivity index (χ4v) is 4.61. The SMILES string of the molecule is CC(=O)[C@@H](N)C[C@](O)(Cc1c[nH]c2ccccc12)C(=O)O.N[C@H](C[C@](O)(Cc1c[nH]c2ccccc12)C(=O)O)C(=O)O. The molecule has 11 N–H and O–H groups in total. The average Bonchev–Trinajstić information content (AvgIpc) is 3.52. The van der Waals surface area contributed by atoms with Gasteiger partial charge >= 0.3 is 17.9 Å². The Morgan fingerprint density at radius 2 is 1.10 bits per heavy atom. The number of aliphatic carboxylic acids is 3. The van der Waals surface area contributed by atoms with Crippen LogP contribution in [0.3, 0.4) is 0 Å². The molecule has 13 heteroatoms. The van der Waals surface area contributed by atoms with E-state index in [1.54, 1.807) is 24.5 Å². The van der Waals surface area contributed by atoms with Gasteiger partial charge in [0.05, 0.1) is 6.04 Å². The van der Waals surface area contributed by atoms with Gasteiger partial charge in [-0.1, -0.05) is 36.4 Å². The number of carboxylic acid groups (broad SMARTS) is 3. The van der Waals surface area contributed by atoms with E-state index < -0.39 is 47.6 Å². The third kappa shape index (κ3) is 7.39. The molecular weight excluding hydrogens is 548 g/mol. The zero-order chi connectivity index (χ0) is 31.2. The molecule has 2 aromatic heterocycles. The van der Waals surface area contributed by atoms with Crippen molar-refractivity contribution < 1.29 is 44.7 Å². The molecule has 0 radical (unpaired) electrons. The molecule has 0 saturated carbocycles. The third-order valence-corrected chi connectivity index (χ3v) is 7.07. The molecule has 0 aliphatic rings. The number of para-hydroxylation sites is 2. The van der Waals surface area contributed by atoms with Gasteiger partial charge in [0, 0.05) is 59.9 Å². The summed E-state index contributed by atoms with van der Waals surface area (Å²) in [4.78, 5) is 50.7. The molecule has 0 bridgehead atoms. The monoisotopic (exact) mass is 582 g/mol. The lowest BCUT2D eigenvalue weighted by molar-refractivity contribution is -0.161. The number of carbonyl (C=O) groups excluding carboxylic acids is 1. The van der Waals surface area contributed by atoms with Crippen LogP contribution in [-0.4, -0.2) is 82.5 Å². The number of aliphatic hydroxyl groups is 2. The normalized spacial score (nSPS) is 15.5. The van der Waals surface area contributed by atoms with Crippen molar-refractivity contribution in [1.29, 1.82) is 0 Å². The highest BCUT2D eigenvalue weighted by Gasteiger charge is 2.41. The van der Waals surface area contributed by atoms with Gasteiger partial charge in [-0.15, -0.1) is 0 Å². The number of benzene rings is 2. The van der Waals surface area contributed by atoms with E-state index in [2.05, 4.69) is 9.97 Å². The van der Waals surface area contributed by atoms with Crippen molar-refractivity contribution in [2.75, 3.05) is 0 Å². The Morgan fingerprint density at radius 3 is 1.45 bits per heavy atom. The molecule has 4 atom stereocenters. The number of carbonyl (C=O) groups is 4. The Kier molecular flexibility index (Phi) is 9.86. The highest BCUT2D eigenvalue weighted by atomic mass is 16.4. The predicted octanol–water partition coefficient (Wildman–Crippen LogP) is 1.16. The Bertz CT molecular complexity index is 1480. The largest absolute Gasteiger partial charge is 0.480 e. The van der Waals surface area contributed by atoms with Gasteiger partial charge in [-0.3, -0.25) is 9.59 Å². The van der Waals surface area contributed by atoms with Crippen LogP contribution in [0, 0.1) is 0 Å². The lowest BCUT2D eigenvalue weighted by atomic mass is 9.87. The molecule has 4 rings (SSSR count). The average molecular weight is 583 g/mol. The summed E-state index contributed by atoms with van der Waals surface area (Å²) < 4.78 is 0. The second kappa shape index (κ2) is 13.0. The first kappa shape index (κ1) is 32.0. The van der Waals surface area contributed by atoms with Crippen LogP contribution >= 0.6 is 0 Å². The summed E-state index contributed by atoms with van der Waals surface area (Å²) in [6.45, 7) is 1.28. The minimum atomic E-state index is -2.23. The van der Waals surface area contributed by atoms with Crippen molar-refractivity contribution in [3.8, 4) is 0 Å². The van der Waals surface area contributed by atoms with Crippen LogP contribution in [0.5, 0.6) is 0 Å². The number of Topliss-reactive ketones (excluding diaryl/α,β-unsaturated/α-hetero) is 1. The number of aromatic nitrogens is 2. The maximum absolute atomic E-state index is 11.4. The standard InChI is InChI=1S/C15H18N2O4.C14H16N2O5/c1-9(18)12(16)7-15(21,14(19)20)6-10-8-17-13-5-3-2-4-11(10)13;15-10(12(17)18)6-14(21,13(19)20)5-8-7-16-11-4-2-1-3-9(8)11/h2-5,8,12,17,21H,6-7,16H2,1H3,(H,19,20);1-4,7,10,16,21H,5-6,15H2,(H,17,18)(H,19,20)/t12-,15+;10-,14-/m01/s1. The van der Waals surface area contributed by atoms with Gasteiger partial charge in [0.1, 0.15) is 11.8 Å². The fourth-order valence-electron chi connectivity index (χ4n) is 4.61. The molecule has 224 valence electrons. The zero-order valence-corrected chi connectivity index (χ0v) is 22.8. The fraction of sp³-hybridized carbons (Fsp3) is 0.310.